The van der Waals surface area contributed by atoms with Crippen molar-refractivity contribution >= 4 is 10.0 Å². The third-order valence-electron chi connectivity index (χ3n) is 12.0. The van der Waals surface area contributed by atoms with Crippen LogP contribution in [-0.2, 0) is 14.8 Å². The Morgan fingerprint density at radius 1 is 1.09 bits per heavy atom. The van der Waals surface area contributed by atoms with Gasteiger partial charge in [-0.25, -0.2) is 13.1 Å². The minimum atomic E-state index is -3.13. The van der Waals surface area contributed by atoms with Crippen LogP contribution in [0.2, 0.25) is 0 Å². The molecule has 198 valence electrons. The van der Waals surface area contributed by atoms with Crippen LogP contribution < -0.4 is 10.0 Å². The fraction of sp³-hybridized carbons (Fsp3) is 0.931. The van der Waals surface area contributed by atoms with E-state index in [0.29, 0.717) is 35.3 Å². The fourth-order valence-electron chi connectivity index (χ4n) is 10.2. The van der Waals surface area contributed by atoms with E-state index >= 15 is 0 Å². The van der Waals surface area contributed by atoms with Crippen LogP contribution in [0, 0.1) is 40.9 Å². The second-order valence-corrected chi connectivity index (χ2v) is 15.8. The number of ether oxygens (including phenoxy) is 1. The van der Waals surface area contributed by atoms with Crippen LogP contribution in [0.15, 0.2) is 11.1 Å². The smallest absolute Gasteiger partial charge is 0.208 e. The summed E-state index contributed by atoms with van der Waals surface area (Å²) >= 11 is 0. The van der Waals surface area contributed by atoms with Crippen molar-refractivity contribution in [2.45, 2.75) is 116 Å². The van der Waals surface area contributed by atoms with E-state index in [1.807, 2.05) is 0 Å². The Balaban J connectivity index is 1.22. The summed E-state index contributed by atoms with van der Waals surface area (Å²) in [6.45, 7) is 11.0. The van der Waals surface area contributed by atoms with Crippen LogP contribution in [0.3, 0.4) is 0 Å². The number of allylic oxidation sites excluding steroid dienone is 1. The van der Waals surface area contributed by atoms with Crippen molar-refractivity contribution in [1.82, 2.24) is 10.0 Å². The summed E-state index contributed by atoms with van der Waals surface area (Å²) in [7, 11) is -3.13. The Morgan fingerprint density at radius 3 is 2.66 bits per heavy atom. The lowest BCUT2D eigenvalue weighted by molar-refractivity contribution is -0.0746. The average Bonchev–Trinajstić information content (AvgIpc) is 3.23. The van der Waals surface area contributed by atoms with E-state index in [0.717, 1.165) is 43.6 Å². The topological polar surface area (TPSA) is 67.4 Å². The Hall–Kier alpha value is -0.430. The molecule has 0 bridgehead atoms. The second kappa shape index (κ2) is 8.54. The van der Waals surface area contributed by atoms with Gasteiger partial charge in [-0.3, -0.25) is 0 Å². The molecule has 2 heterocycles. The van der Waals surface area contributed by atoms with Crippen molar-refractivity contribution in [2.75, 3.05) is 12.8 Å². The molecule has 0 aromatic carbocycles. The molecule has 5 fully saturated rings. The number of piperidine rings is 1. The van der Waals surface area contributed by atoms with Gasteiger partial charge in [0.2, 0.25) is 10.0 Å². The Labute approximate surface area is 213 Å². The van der Waals surface area contributed by atoms with Gasteiger partial charge in [-0.1, -0.05) is 31.9 Å². The van der Waals surface area contributed by atoms with Crippen LogP contribution in [0.4, 0.5) is 0 Å². The molecule has 3 saturated carbocycles. The number of sulfonamides is 1. The maximum absolute atomic E-state index is 11.9. The van der Waals surface area contributed by atoms with Crippen molar-refractivity contribution in [3.63, 3.8) is 0 Å². The van der Waals surface area contributed by atoms with Gasteiger partial charge in [-0.15, -0.1) is 0 Å². The highest BCUT2D eigenvalue weighted by molar-refractivity contribution is 7.88. The molecule has 2 saturated heterocycles. The maximum atomic E-state index is 11.9. The first-order valence-corrected chi connectivity index (χ1v) is 16.5. The van der Waals surface area contributed by atoms with Gasteiger partial charge in [0.1, 0.15) is 0 Å². The van der Waals surface area contributed by atoms with E-state index in [2.05, 4.69) is 37.7 Å². The number of nitrogens with one attached hydrogen (secondary N) is 2. The minimum Gasteiger partial charge on any atom is -0.369 e. The molecular weight excluding hydrogens is 456 g/mol. The lowest BCUT2D eigenvalue weighted by Gasteiger charge is -2.54. The summed E-state index contributed by atoms with van der Waals surface area (Å²) in [5.74, 6) is 4.28. The number of fused-ring (bicyclic) bond motifs is 6. The SMILES string of the molecule is CC1=C2C[C@H]3C(CC[C@@H]4C[C@H](NS(C)(=O)=O)CC[C@@]43C)[C@@H]2CC[C@@]2(C1)O[C@@H]1C[C@H](C)CN[C@H]1[C@H]2C. The third kappa shape index (κ3) is 4.08. The van der Waals surface area contributed by atoms with Gasteiger partial charge >= 0.3 is 0 Å². The third-order valence-corrected chi connectivity index (χ3v) is 12.8. The van der Waals surface area contributed by atoms with Crippen molar-refractivity contribution in [3.8, 4) is 0 Å². The van der Waals surface area contributed by atoms with E-state index in [1.54, 1.807) is 11.1 Å². The van der Waals surface area contributed by atoms with Crippen molar-refractivity contribution in [3.05, 3.63) is 11.1 Å². The van der Waals surface area contributed by atoms with Crippen LogP contribution in [0.1, 0.15) is 91.9 Å². The van der Waals surface area contributed by atoms with E-state index in [9.17, 15) is 8.42 Å². The average molecular weight is 505 g/mol. The molecule has 6 heteroatoms. The highest BCUT2D eigenvalue weighted by Gasteiger charge is 2.59. The van der Waals surface area contributed by atoms with Gasteiger partial charge in [0.05, 0.1) is 18.0 Å². The molecule has 0 aromatic rings. The molecule has 0 amide bonds. The predicted octanol–water partition coefficient (Wildman–Crippen LogP) is 5.03. The maximum Gasteiger partial charge on any atom is 0.208 e. The zero-order valence-corrected chi connectivity index (χ0v) is 23.4. The molecule has 35 heavy (non-hydrogen) atoms. The monoisotopic (exact) mass is 504 g/mol. The quantitative estimate of drug-likeness (QED) is 0.518. The molecule has 11 atom stereocenters. The van der Waals surface area contributed by atoms with Gasteiger partial charge in [-0.2, -0.15) is 0 Å². The fourth-order valence-corrected chi connectivity index (χ4v) is 11.1. The first-order valence-electron chi connectivity index (χ1n) is 14.6. The standard InChI is InChI=1S/C29H48N2O3S/c1-17-12-26-27(30-16-17)19(3)29(34-26)11-9-22-23-7-6-20-13-21(31-35(5,32)33)8-10-28(20,4)25(23)14-24(22)18(2)15-29/h17,19-23,25-27,30-31H,6-16H2,1-5H3/t17-,19+,20+,21+,22-,23?,25-,26+,27-,28-,29-/m0/s1. The molecule has 5 nitrogen and oxygen atoms in total. The minimum absolute atomic E-state index is 0.0276. The number of hydrogen-bond acceptors (Lipinski definition) is 4. The summed E-state index contributed by atoms with van der Waals surface area (Å²) in [4.78, 5) is 0. The van der Waals surface area contributed by atoms with Crippen molar-refractivity contribution < 1.29 is 13.2 Å². The number of rotatable bonds is 2. The summed E-state index contributed by atoms with van der Waals surface area (Å²) < 4.78 is 33.7. The molecule has 1 spiro atoms. The van der Waals surface area contributed by atoms with Gasteiger partial charge < -0.3 is 10.1 Å². The van der Waals surface area contributed by atoms with Crippen LogP contribution in [0.25, 0.3) is 0 Å². The molecule has 4 aliphatic carbocycles. The van der Waals surface area contributed by atoms with Crippen LogP contribution in [0.5, 0.6) is 0 Å². The van der Waals surface area contributed by atoms with E-state index in [1.165, 1.54) is 51.2 Å². The second-order valence-electron chi connectivity index (χ2n) is 14.0. The lowest BCUT2D eigenvalue weighted by atomic mass is 9.52. The summed E-state index contributed by atoms with van der Waals surface area (Å²) in [6.07, 6.45) is 13.6. The highest BCUT2D eigenvalue weighted by Crippen LogP contribution is 2.65. The zero-order chi connectivity index (χ0) is 24.8. The Morgan fingerprint density at radius 2 is 1.89 bits per heavy atom. The van der Waals surface area contributed by atoms with Crippen LogP contribution in [-0.4, -0.2) is 45.0 Å². The van der Waals surface area contributed by atoms with Gasteiger partial charge in [0.15, 0.2) is 0 Å². The largest absolute Gasteiger partial charge is 0.369 e. The first kappa shape index (κ1) is 24.9. The van der Waals surface area contributed by atoms with E-state index in [4.69, 9.17) is 4.74 Å². The Kier molecular flexibility index (Phi) is 6.07. The number of hydrogen-bond donors (Lipinski definition) is 2. The van der Waals surface area contributed by atoms with Gasteiger partial charge in [0.25, 0.3) is 0 Å². The van der Waals surface area contributed by atoms with Crippen LogP contribution >= 0.6 is 0 Å². The van der Waals surface area contributed by atoms with E-state index < -0.39 is 10.0 Å². The molecule has 6 rings (SSSR count). The van der Waals surface area contributed by atoms with Crippen molar-refractivity contribution in [2.24, 2.45) is 40.9 Å². The molecular formula is C29H48N2O3S. The molecule has 2 aliphatic heterocycles. The normalized spacial score (nSPS) is 52.0. The predicted molar refractivity (Wildman–Crippen MR) is 140 cm³/mol. The van der Waals surface area contributed by atoms with Crippen molar-refractivity contribution in [1.29, 1.82) is 0 Å². The van der Waals surface area contributed by atoms with E-state index in [-0.39, 0.29) is 11.6 Å². The highest BCUT2D eigenvalue weighted by atomic mass is 32.2. The molecule has 0 radical (unpaired) electrons. The first-order chi connectivity index (χ1) is 16.5. The Bertz CT molecular complexity index is 994. The summed E-state index contributed by atoms with van der Waals surface area (Å²) in [5, 5.41) is 3.85. The summed E-state index contributed by atoms with van der Waals surface area (Å²) in [5.41, 5.74) is 3.83. The zero-order valence-electron chi connectivity index (χ0n) is 22.6. The molecule has 6 aliphatic rings. The van der Waals surface area contributed by atoms with Gasteiger partial charge in [0, 0.05) is 18.0 Å². The summed E-state index contributed by atoms with van der Waals surface area (Å²) in [6, 6.07) is 0.660. The molecule has 1 unspecified atom stereocenters. The molecule has 0 aromatic heterocycles. The van der Waals surface area contributed by atoms with Gasteiger partial charge in [-0.05, 0) is 113 Å². The molecule has 2 N–H and O–H groups in total. The lowest BCUT2D eigenvalue weighted by Crippen LogP contribution is -2.50.